The largest absolute Gasteiger partial charge is 0.355 e. The molecule has 0 spiro atoms. The van der Waals surface area contributed by atoms with Crippen molar-refractivity contribution in [3.05, 3.63) is 18.5 Å². The van der Waals surface area contributed by atoms with Crippen molar-refractivity contribution in [1.29, 1.82) is 0 Å². The third-order valence-corrected chi connectivity index (χ3v) is 5.38. The van der Waals surface area contributed by atoms with Gasteiger partial charge in [0.2, 0.25) is 5.95 Å². The van der Waals surface area contributed by atoms with Crippen LogP contribution in [0.4, 0.5) is 5.95 Å². The number of nitrogens with one attached hydrogen (secondary N) is 1. The second-order valence-corrected chi connectivity index (χ2v) is 7.18. The number of aromatic nitrogens is 2. The van der Waals surface area contributed by atoms with Crippen LogP contribution in [0.3, 0.4) is 0 Å². The Bertz CT molecular complexity index is 516. The van der Waals surface area contributed by atoms with Crippen molar-refractivity contribution >= 4 is 47.6 Å². The monoisotopic (exact) mass is 477 g/mol. The Morgan fingerprint density at radius 2 is 1.80 bits per heavy atom. The summed E-state index contributed by atoms with van der Waals surface area (Å²) in [6, 6.07) is 1.85. The van der Waals surface area contributed by atoms with Crippen LogP contribution in [0.25, 0.3) is 0 Å². The molecule has 1 aromatic heterocycles. The van der Waals surface area contributed by atoms with Crippen molar-refractivity contribution in [2.24, 2.45) is 4.99 Å². The van der Waals surface area contributed by atoms with Crippen molar-refractivity contribution in [2.75, 3.05) is 75.8 Å². The number of hydrogen-bond acceptors (Lipinski definition) is 6. The highest BCUT2D eigenvalue weighted by atomic mass is 127. The number of anilines is 1. The summed E-state index contributed by atoms with van der Waals surface area (Å²) in [6.07, 6.45) is 3.60. The van der Waals surface area contributed by atoms with Gasteiger partial charge in [-0.2, -0.15) is 11.8 Å². The van der Waals surface area contributed by atoms with E-state index in [4.69, 9.17) is 0 Å². The van der Waals surface area contributed by atoms with E-state index in [1.54, 1.807) is 12.4 Å². The number of thioether (sulfide) groups is 1. The van der Waals surface area contributed by atoms with E-state index in [2.05, 4.69) is 46.7 Å². The molecule has 0 radical (unpaired) electrons. The minimum absolute atomic E-state index is 0. The van der Waals surface area contributed by atoms with Crippen LogP contribution in [0.2, 0.25) is 0 Å². The zero-order valence-electron chi connectivity index (χ0n) is 14.8. The van der Waals surface area contributed by atoms with Crippen LogP contribution in [0, 0.1) is 0 Å². The van der Waals surface area contributed by atoms with Gasteiger partial charge in [-0.25, -0.2) is 9.97 Å². The second kappa shape index (κ2) is 11.0. The van der Waals surface area contributed by atoms with Crippen molar-refractivity contribution in [3.63, 3.8) is 0 Å². The quantitative estimate of drug-likeness (QED) is 0.392. The van der Waals surface area contributed by atoms with E-state index in [1.165, 1.54) is 24.6 Å². The molecular weight excluding hydrogens is 449 g/mol. The number of hydrogen-bond donors (Lipinski definition) is 1. The first kappa shape index (κ1) is 20.5. The molecule has 0 atom stereocenters. The molecule has 0 unspecified atom stereocenters. The molecule has 2 aliphatic rings. The first-order valence-corrected chi connectivity index (χ1v) is 9.80. The van der Waals surface area contributed by atoms with Crippen LogP contribution in [0.1, 0.15) is 0 Å². The van der Waals surface area contributed by atoms with Gasteiger partial charge in [0.1, 0.15) is 0 Å². The summed E-state index contributed by atoms with van der Waals surface area (Å²) in [4.78, 5) is 20.2. The number of halogens is 1. The molecule has 25 heavy (non-hydrogen) atoms. The van der Waals surface area contributed by atoms with Gasteiger partial charge in [0.05, 0.1) is 0 Å². The first-order valence-electron chi connectivity index (χ1n) is 8.64. The van der Waals surface area contributed by atoms with E-state index >= 15 is 0 Å². The maximum atomic E-state index is 4.45. The van der Waals surface area contributed by atoms with E-state index in [0.29, 0.717) is 0 Å². The van der Waals surface area contributed by atoms with Gasteiger partial charge in [0.15, 0.2) is 5.96 Å². The second-order valence-electron chi connectivity index (χ2n) is 5.95. The molecule has 2 aliphatic heterocycles. The predicted octanol–water partition coefficient (Wildman–Crippen LogP) is 0.841. The fourth-order valence-corrected chi connectivity index (χ4v) is 4.03. The van der Waals surface area contributed by atoms with E-state index in [-0.39, 0.29) is 24.0 Å². The smallest absolute Gasteiger partial charge is 0.225 e. The Balaban J connectivity index is 0.00000225. The van der Waals surface area contributed by atoms with Crippen LogP contribution < -0.4 is 10.2 Å². The van der Waals surface area contributed by atoms with Crippen LogP contribution >= 0.6 is 35.7 Å². The molecule has 1 aromatic rings. The highest BCUT2D eigenvalue weighted by Gasteiger charge is 2.21. The van der Waals surface area contributed by atoms with Gasteiger partial charge >= 0.3 is 0 Å². The van der Waals surface area contributed by atoms with E-state index in [0.717, 1.165) is 51.2 Å². The molecular formula is C16H28IN7S. The summed E-state index contributed by atoms with van der Waals surface area (Å²) in [5.41, 5.74) is 0. The van der Waals surface area contributed by atoms with Gasteiger partial charge in [-0.1, -0.05) is 0 Å². The van der Waals surface area contributed by atoms with Crippen molar-refractivity contribution in [1.82, 2.24) is 25.1 Å². The fraction of sp³-hybridized carbons (Fsp3) is 0.688. The number of guanidine groups is 1. The third-order valence-electron chi connectivity index (χ3n) is 4.44. The molecule has 140 valence electrons. The number of nitrogens with zero attached hydrogens (tertiary/aromatic N) is 6. The normalized spacial score (nSPS) is 19.5. The molecule has 3 rings (SSSR count). The predicted molar refractivity (Wildman–Crippen MR) is 116 cm³/mol. The molecule has 0 aromatic carbocycles. The summed E-state index contributed by atoms with van der Waals surface area (Å²) in [5.74, 6) is 4.36. The van der Waals surface area contributed by atoms with Crippen molar-refractivity contribution in [3.8, 4) is 0 Å². The SMILES string of the molecule is CN=C(NCCN1CCSCC1)N1CCN(c2ncccn2)CC1.I. The summed E-state index contributed by atoms with van der Waals surface area (Å²) >= 11 is 2.06. The molecule has 0 aliphatic carbocycles. The van der Waals surface area contributed by atoms with Crippen LogP contribution in [-0.2, 0) is 0 Å². The highest BCUT2D eigenvalue weighted by Crippen LogP contribution is 2.10. The first-order chi connectivity index (χ1) is 11.9. The van der Waals surface area contributed by atoms with Crippen LogP contribution in [-0.4, -0.2) is 96.6 Å². The number of rotatable bonds is 4. The topological polar surface area (TPSA) is 59.9 Å². The van der Waals surface area contributed by atoms with E-state index in [1.807, 2.05) is 13.1 Å². The molecule has 0 bridgehead atoms. The molecule has 1 N–H and O–H groups in total. The Kier molecular flexibility index (Phi) is 9.04. The summed E-state index contributed by atoms with van der Waals surface area (Å²) in [7, 11) is 1.87. The lowest BCUT2D eigenvalue weighted by Gasteiger charge is -2.36. The summed E-state index contributed by atoms with van der Waals surface area (Å²) in [6.45, 7) is 8.21. The van der Waals surface area contributed by atoms with E-state index < -0.39 is 0 Å². The molecule has 2 saturated heterocycles. The zero-order chi connectivity index (χ0) is 16.6. The Hall–Kier alpha value is -0.810. The lowest BCUT2D eigenvalue weighted by Crippen LogP contribution is -2.53. The van der Waals surface area contributed by atoms with Gasteiger partial charge in [0.25, 0.3) is 0 Å². The minimum Gasteiger partial charge on any atom is -0.355 e. The molecule has 7 nitrogen and oxygen atoms in total. The Morgan fingerprint density at radius 3 is 2.44 bits per heavy atom. The summed E-state index contributed by atoms with van der Waals surface area (Å²) < 4.78 is 0. The Labute approximate surface area is 171 Å². The van der Waals surface area contributed by atoms with Crippen molar-refractivity contribution < 1.29 is 0 Å². The third kappa shape index (κ3) is 6.14. The number of aliphatic imine (C=N–C) groups is 1. The molecule has 9 heteroatoms. The highest BCUT2D eigenvalue weighted by molar-refractivity contribution is 14.0. The molecule has 2 fully saturated rings. The number of piperazine rings is 1. The van der Waals surface area contributed by atoms with Gasteiger partial charge in [-0.05, 0) is 6.07 Å². The van der Waals surface area contributed by atoms with Crippen LogP contribution in [0.15, 0.2) is 23.5 Å². The van der Waals surface area contributed by atoms with E-state index in [9.17, 15) is 0 Å². The molecule has 3 heterocycles. The average molecular weight is 477 g/mol. The van der Waals surface area contributed by atoms with Crippen LogP contribution in [0.5, 0.6) is 0 Å². The fourth-order valence-electron chi connectivity index (χ4n) is 3.06. The molecule has 0 amide bonds. The van der Waals surface area contributed by atoms with Gasteiger partial charge in [0, 0.05) is 83.3 Å². The standard InChI is InChI=1S/C16H27N7S.HI/c1-17-15(20-5-6-21-11-13-24-14-12-21)22-7-9-23(10-8-22)16-18-3-2-4-19-16;/h2-4H,5-14H2,1H3,(H,17,20);1H. The molecule has 0 saturated carbocycles. The van der Waals surface area contributed by atoms with Gasteiger partial charge in [-0.3, -0.25) is 9.89 Å². The lowest BCUT2D eigenvalue weighted by atomic mass is 10.3. The Morgan fingerprint density at radius 1 is 1.12 bits per heavy atom. The maximum absolute atomic E-state index is 4.45. The average Bonchev–Trinajstić information content (AvgIpc) is 2.67. The lowest BCUT2D eigenvalue weighted by molar-refractivity contribution is 0.302. The van der Waals surface area contributed by atoms with Gasteiger partial charge in [-0.15, -0.1) is 24.0 Å². The van der Waals surface area contributed by atoms with Gasteiger partial charge < -0.3 is 15.1 Å². The summed E-state index contributed by atoms with van der Waals surface area (Å²) in [5, 5.41) is 3.52. The zero-order valence-corrected chi connectivity index (χ0v) is 17.9. The minimum atomic E-state index is 0. The van der Waals surface area contributed by atoms with Crippen molar-refractivity contribution in [2.45, 2.75) is 0 Å². The maximum Gasteiger partial charge on any atom is 0.225 e.